The summed E-state index contributed by atoms with van der Waals surface area (Å²) in [5.74, 6) is -1.03. The Hall–Kier alpha value is -3.04. The van der Waals surface area contributed by atoms with E-state index in [2.05, 4.69) is 21.2 Å². The van der Waals surface area contributed by atoms with Gasteiger partial charge in [0.2, 0.25) is 0 Å². The Morgan fingerprint density at radius 3 is 2.32 bits per heavy atom. The monoisotopic (exact) mass is 622 g/mol. The smallest absolute Gasteiger partial charge is 0.335 e. The zero-order valence-corrected chi connectivity index (χ0v) is 23.0. The molecule has 11 heteroatoms. The SMILES string of the molecule is CCOc1cc(/C=C2\C(=O)NC(=O)N(c3ccc(Cl)c(Cl)c3)C2=O)cc(Cl)c1OCc1ccc(Br)cc1. The van der Waals surface area contributed by atoms with Crippen LogP contribution in [-0.4, -0.2) is 24.5 Å². The van der Waals surface area contributed by atoms with Gasteiger partial charge in [-0.25, -0.2) is 9.69 Å². The molecule has 0 radical (unpaired) electrons. The molecule has 0 unspecified atom stereocenters. The number of hydrogen-bond acceptors (Lipinski definition) is 5. The second-order valence-corrected chi connectivity index (χ2v) is 9.87. The molecule has 1 aliphatic rings. The number of imide groups is 2. The van der Waals surface area contributed by atoms with Crippen LogP contribution >= 0.6 is 50.7 Å². The van der Waals surface area contributed by atoms with Crippen molar-refractivity contribution in [3.63, 3.8) is 0 Å². The summed E-state index contributed by atoms with van der Waals surface area (Å²) in [6, 6.07) is 14.1. The molecule has 1 aliphatic heterocycles. The van der Waals surface area contributed by atoms with Crippen LogP contribution in [-0.2, 0) is 16.2 Å². The normalized spacial score (nSPS) is 14.7. The number of hydrogen-bond donors (Lipinski definition) is 1. The van der Waals surface area contributed by atoms with Crippen molar-refractivity contribution in [1.29, 1.82) is 0 Å². The number of halogens is 4. The molecule has 4 rings (SSSR count). The predicted octanol–water partition coefficient (Wildman–Crippen LogP) is 7.05. The highest BCUT2D eigenvalue weighted by atomic mass is 79.9. The molecule has 37 heavy (non-hydrogen) atoms. The number of carbonyl (C=O) groups excluding carboxylic acids is 3. The van der Waals surface area contributed by atoms with Gasteiger partial charge in [0.1, 0.15) is 12.2 Å². The third kappa shape index (κ3) is 6.10. The highest BCUT2D eigenvalue weighted by molar-refractivity contribution is 9.10. The van der Waals surface area contributed by atoms with Crippen LogP contribution in [0.3, 0.4) is 0 Å². The minimum atomic E-state index is -0.907. The minimum Gasteiger partial charge on any atom is -0.490 e. The molecule has 7 nitrogen and oxygen atoms in total. The maximum Gasteiger partial charge on any atom is 0.335 e. The van der Waals surface area contributed by atoms with E-state index in [9.17, 15) is 14.4 Å². The van der Waals surface area contributed by atoms with Gasteiger partial charge in [0, 0.05) is 4.47 Å². The quantitative estimate of drug-likeness (QED) is 0.225. The van der Waals surface area contributed by atoms with Crippen molar-refractivity contribution in [2.24, 2.45) is 0 Å². The van der Waals surface area contributed by atoms with Gasteiger partial charge in [0.15, 0.2) is 11.5 Å². The number of anilines is 1. The number of ether oxygens (including phenoxy) is 2. The lowest BCUT2D eigenvalue weighted by Gasteiger charge is -2.26. The van der Waals surface area contributed by atoms with Crippen molar-refractivity contribution in [1.82, 2.24) is 5.32 Å². The Labute approximate surface area is 236 Å². The lowest BCUT2D eigenvalue weighted by Crippen LogP contribution is -2.54. The summed E-state index contributed by atoms with van der Waals surface area (Å²) in [6.07, 6.45) is 1.32. The predicted molar refractivity (Wildman–Crippen MR) is 147 cm³/mol. The van der Waals surface area contributed by atoms with Gasteiger partial charge in [0.25, 0.3) is 11.8 Å². The van der Waals surface area contributed by atoms with Gasteiger partial charge in [0.05, 0.1) is 27.4 Å². The van der Waals surface area contributed by atoms with Crippen LogP contribution in [0.2, 0.25) is 15.1 Å². The van der Waals surface area contributed by atoms with Crippen molar-refractivity contribution >= 4 is 80.3 Å². The molecule has 190 valence electrons. The Morgan fingerprint density at radius 2 is 1.65 bits per heavy atom. The largest absolute Gasteiger partial charge is 0.490 e. The van der Waals surface area contributed by atoms with Crippen LogP contribution in [0.4, 0.5) is 10.5 Å². The number of rotatable bonds is 7. The molecular formula is C26H18BrCl3N2O5. The fourth-order valence-electron chi connectivity index (χ4n) is 3.49. The lowest BCUT2D eigenvalue weighted by molar-refractivity contribution is -0.122. The topological polar surface area (TPSA) is 84.9 Å². The van der Waals surface area contributed by atoms with E-state index in [-0.39, 0.29) is 32.9 Å². The molecule has 3 aromatic carbocycles. The number of nitrogens with zero attached hydrogens (tertiary/aromatic N) is 1. The van der Waals surface area contributed by atoms with Gasteiger partial charge in [-0.15, -0.1) is 0 Å². The molecule has 0 saturated carbocycles. The van der Waals surface area contributed by atoms with E-state index in [0.29, 0.717) is 23.7 Å². The van der Waals surface area contributed by atoms with Crippen molar-refractivity contribution < 1.29 is 23.9 Å². The van der Waals surface area contributed by atoms with Crippen LogP contribution in [0.25, 0.3) is 6.08 Å². The summed E-state index contributed by atoms with van der Waals surface area (Å²) in [7, 11) is 0. The van der Waals surface area contributed by atoms with Gasteiger partial charge in [-0.2, -0.15) is 0 Å². The van der Waals surface area contributed by atoms with Crippen LogP contribution < -0.4 is 19.7 Å². The molecule has 4 amide bonds. The Balaban J connectivity index is 1.66. The summed E-state index contributed by atoms with van der Waals surface area (Å²) in [5, 5.41) is 2.78. The molecule has 3 aromatic rings. The van der Waals surface area contributed by atoms with E-state index in [1.54, 1.807) is 13.0 Å². The zero-order valence-electron chi connectivity index (χ0n) is 19.2. The van der Waals surface area contributed by atoms with E-state index < -0.39 is 17.8 Å². The fourth-order valence-corrected chi connectivity index (χ4v) is 4.32. The standard InChI is InChI=1S/C26H18BrCl3N2O5/c1-2-36-22-11-15(10-21(30)23(22)37-13-14-3-5-16(27)6-4-14)9-18-24(33)31-26(35)32(25(18)34)17-7-8-19(28)20(29)12-17/h3-12H,2,13H2,1H3,(H,31,33,35)/b18-9+. The number of benzene rings is 3. The van der Waals surface area contributed by atoms with Gasteiger partial charge >= 0.3 is 6.03 Å². The Morgan fingerprint density at radius 1 is 0.919 bits per heavy atom. The number of nitrogens with one attached hydrogen (secondary N) is 1. The molecule has 0 spiro atoms. The first kappa shape index (κ1) is 27.0. The van der Waals surface area contributed by atoms with Crippen molar-refractivity contribution in [3.05, 3.63) is 90.8 Å². The van der Waals surface area contributed by atoms with Crippen LogP contribution in [0.5, 0.6) is 11.5 Å². The molecule has 1 saturated heterocycles. The summed E-state index contributed by atoms with van der Waals surface area (Å²) in [6.45, 7) is 2.37. The highest BCUT2D eigenvalue weighted by Gasteiger charge is 2.37. The van der Waals surface area contributed by atoms with Crippen molar-refractivity contribution in [2.75, 3.05) is 11.5 Å². The van der Waals surface area contributed by atoms with Crippen LogP contribution in [0, 0.1) is 0 Å². The maximum absolute atomic E-state index is 13.2. The van der Waals surface area contributed by atoms with E-state index in [1.165, 1.54) is 30.3 Å². The summed E-state index contributed by atoms with van der Waals surface area (Å²) in [5.41, 5.74) is 1.18. The second kappa shape index (κ2) is 11.6. The van der Waals surface area contributed by atoms with Gasteiger partial charge < -0.3 is 9.47 Å². The molecule has 1 N–H and O–H groups in total. The highest BCUT2D eigenvalue weighted by Crippen LogP contribution is 2.38. The third-order valence-corrected chi connectivity index (χ3v) is 6.75. The maximum atomic E-state index is 13.2. The van der Waals surface area contributed by atoms with Crippen LogP contribution in [0.15, 0.2) is 64.6 Å². The average molecular weight is 625 g/mol. The first-order valence-corrected chi connectivity index (χ1v) is 12.8. The molecule has 0 aliphatic carbocycles. The van der Waals surface area contributed by atoms with Gasteiger partial charge in [-0.3, -0.25) is 14.9 Å². The molecule has 0 aromatic heterocycles. The molecular weight excluding hydrogens is 607 g/mol. The van der Waals surface area contributed by atoms with E-state index in [0.717, 1.165) is 14.9 Å². The lowest BCUT2D eigenvalue weighted by atomic mass is 10.1. The van der Waals surface area contributed by atoms with Gasteiger partial charge in [-0.05, 0) is 66.6 Å². The molecule has 0 bridgehead atoms. The number of barbiturate groups is 1. The summed E-state index contributed by atoms with van der Waals surface area (Å²) >= 11 is 21.9. The summed E-state index contributed by atoms with van der Waals surface area (Å²) < 4.78 is 12.6. The summed E-state index contributed by atoms with van der Waals surface area (Å²) in [4.78, 5) is 39.0. The Kier molecular flexibility index (Phi) is 8.44. The molecule has 1 heterocycles. The number of amides is 4. The van der Waals surface area contributed by atoms with E-state index in [4.69, 9.17) is 44.3 Å². The fraction of sp³-hybridized carbons (Fsp3) is 0.115. The van der Waals surface area contributed by atoms with E-state index in [1.807, 2.05) is 24.3 Å². The second-order valence-electron chi connectivity index (χ2n) is 7.73. The zero-order chi connectivity index (χ0) is 26.7. The third-order valence-electron chi connectivity index (χ3n) is 5.20. The van der Waals surface area contributed by atoms with Crippen molar-refractivity contribution in [3.8, 4) is 11.5 Å². The Bertz CT molecular complexity index is 1430. The average Bonchev–Trinajstić information content (AvgIpc) is 2.84. The number of urea groups is 1. The first-order chi connectivity index (χ1) is 17.7. The van der Waals surface area contributed by atoms with E-state index >= 15 is 0 Å². The molecule has 0 atom stereocenters. The minimum absolute atomic E-state index is 0.147. The molecule has 1 fully saturated rings. The van der Waals surface area contributed by atoms with Gasteiger partial charge in [-0.1, -0.05) is 62.9 Å². The first-order valence-electron chi connectivity index (χ1n) is 10.9. The van der Waals surface area contributed by atoms with Crippen molar-refractivity contribution in [2.45, 2.75) is 13.5 Å². The van der Waals surface area contributed by atoms with Crippen LogP contribution in [0.1, 0.15) is 18.1 Å². The number of carbonyl (C=O) groups is 3.